The Bertz CT molecular complexity index is 877. The van der Waals surface area contributed by atoms with E-state index in [1.54, 1.807) is 36.5 Å². The summed E-state index contributed by atoms with van der Waals surface area (Å²) in [6.45, 7) is 1.23. The van der Waals surface area contributed by atoms with E-state index in [4.69, 9.17) is 0 Å². The van der Waals surface area contributed by atoms with E-state index in [9.17, 15) is 14.7 Å². The number of benzene rings is 1. The van der Waals surface area contributed by atoms with Gasteiger partial charge in [-0.1, -0.05) is 25.0 Å². The molecular weight excluding hydrogens is 354 g/mol. The molecule has 1 atom stereocenters. The fourth-order valence-electron chi connectivity index (χ4n) is 4.28. The summed E-state index contributed by atoms with van der Waals surface area (Å²) >= 11 is 0. The van der Waals surface area contributed by atoms with Crippen molar-refractivity contribution in [2.24, 2.45) is 5.92 Å². The van der Waals surface area contributed by atoms with Crippen LogP contribution in [0.4, 0.5) is 0 Å². The first kappa shape index (κ1) is 18.5. The van der Waals surface area contributed by atoms with Gasteiger partial charge in [-0.15, -0.1) is 0 Å². The molecule has 1 saturated heterocycles. The summed E-state index contributed by atoms with van der Waals surface area (Å²) in [5, 5.41) is 12.9. The first-order chi connectivity index (χ1) is 13.6. The van der Waals surface area contributed by atoms with Crippen LogP contribution in [-0.2, 0) is 4.79 Å². The van der Waals surface area contributed by atoms with E-state index < -0.39 is 0 Å². The predicted molar refractivity (Wildman–Crippen MR) is 106 cm³/mol. The maximum absolute atomic E-state index is 12.6. The number of pyridine rings is 1. The van der Waals surface area contributed by atoms with E-state index in [2.05, 4.69) is 10.3 Å². The van der Waals surface area contributed by atoms with Crippen molar-refractivity contribution in [3.05, 3.63) is 48.2 Å². The highest BCUT2D eigenvalue weighted by molar-refractivity contribution is 5.95. The lowest BCUT2D eigenvalue weighted by Crippen LogP contribution is -2.36. The molecule has 4 rings (SSSR count). The van der Waals surface area contributed by atoms with Gasteiger partial charge < -0.3 is 15.3 Å². The van der Waals surface area contributed by atoms with E-state index >= 15 is 0 Å². The van der Waals surface area contributed by atoms with Crippen LogP contribution in [0, 0.1) is 5.92 Å². The van der Waals surface area contributed by atoms with Crippen LogP contribution in [0.25, 0.3) is 11.3 Å². The van der Waals surface area contributed by atoms with Crippen molar-refractivity contribution in [3.8, 4) is 17.0 Å². The maximum atomic E-state index is 12.6. The minimum absolute atomic E-state index is 0.0801. The van der Waals surface area contributed by atoms with Crippen molar-refractivity contribution >= 4 is 11.8 Å². The Hall–Kier alpha value is -2.89. The SMILES string of the molecule is O=C(NC[C@@H]1CC(=O)N(C2CCCC2)C1)c1cccc(-c2ncccc2O)c1. The van der Waals surface area contributed by atoms with Crippen LogP contribution in [-0.4, -0.2) is 45.9 Å². The standard InChI is InChI=1S/C22H25N3O3/c26-19-9-4-10-23-21(19)16-5-3-6-17(12-16)22(28)24-13-15-11-20(27)25(14-15)18-7-1-2-8-18/h3-6,9-10,12,15,18,26H,1-2,7-8,11,13-14H2,(H,24,28)/t15-/m0/s1. The van der Waals surface area contributed by atoms with Gasteiger partial charge in [-0.2, -0.15) is 0 Å². The van der Waals surface area contributed by atoms with Gasteiger partial charge in [0.05, 0.1) is 0 Å². The summed E-state index contributed by atoms with van der Waals surface area (Å²) < 4.78 is 0. The second-order valence-corrected chi connectivity index (χ2v) is 7.72. The fraction of sp³-hybridized carbons (Fsp3) is 0.409. The summed E-state index contributed by atoms with van der Waals surface area (Å²) in [6, 6.07) is 10.7. The summed E-state index contributed by atoms with van der Waals surface area (Å²) in [4.78, 5) is 31.1. The van der Waals surface area contributed by atoms with Gasteiger partial charge in [0.15, 0.2) is 0 Å². The first-order valence-corrected chi connectivity index (χ1v) is 9.94. The van der Waals surface area contributed by atoms with Gasteiger partial charge in [0.25, 0.3) is 5.91 Å². The topological polar surface area (TPSA) is 82.5 Å². The Labute approximate surface area is 164 Å². The Morgan fingerprint density at radius 1 is 1.21 bits per heavy atom. The Morgan fingerprint density at radius 3 is 2.82 bits per heavy atom. The first-order valence-electron chi connectivity index (χ1n) is 9.94. The number of carbonyl (C=O) groups is 2. The Kier molecular flexibility index (Phi) is 5.28. The molecule has 0 spiro atoms. The number of amides is 2. The van der Waals surface area contributed by atoms with Crippen LogP contribution < -0.4 is 5.32 Å². The smallest absolute Gasteiger partial charge is 0.251 e. The van der Waals surface area contributed by atoms with E-state index in [1.807, 2.05) is 11.0 Å². The van der Waals surface area contributed by atoms with Gasteiger partial charge in [0.1, 0.15) is 11.4 Å². The molecule has 1 aromatic carbocycles. The number of nitrogens with one attached hydrogen (secondary N) is 1. The van der Waals surface area contributed by atoms with Crippen LogP contribution >= 0.6 is 0 Å². The molecule has 2 heterocycles. The van der Waals surface area contributed by atoms with Crippen LogP contribution in [0.5, 0.6) is 5.75 Å². The molecule has 2 aromatic rings. The highest BCUT2D eigenvalue weighted by atomic mass is 16.3. The molecule has 1 aromatic heterocycles. The zero-order chi connectivity index (χ0) is 19.5. The van der Waals surface area contributed by atoms with Gasteiger partial charge in [0, 0.05) is 48.8 Å². The highest BCUT2D eigenvalue weighted by Gasteiger charge is 2.35. The second-order valence-electron chi connectivity index (χ2n) is 7.72. The molecule has 2 aliphatic rings. The number of aromatic hydroxyl groups is 1. The minimum atomic E-state index is -0.177. The molecule has 1 saturated carbocycles. The van der Waals surface area contributed by atoms with E-state index in [0.29, 0.717) is 35.8 Å². The molecule has 1 aliphatic heterocycles. The van der Waals surface area contributed by atoms with Crippen molar-refractivity contribution in [3.63, 3.8) is 0 Å². The van der Waals surface area contributed by atoms with Crippen LogP contribution in [0.1, 0.15) is 42.5 Å². The van der Waals surface area contributed by atoms with Crippen molar-refractivity contribution in [1.82, 2.24) is 15.2 Å². The number of likely N-dealkylation sites (tertiary alicyclic amines) is 1. The zero-order valence-electron chi connectivity index (χ0n) is 15.8. The predicted octanol–water partition coefficient (Wildman–Crippen LogP) is 2.98. The molecule has 1 aliphatic carbocycles. The number of rotatable bonds is 5. The van der Waals surface area contributed by atoms with E-state index in [-0.39, 0.29) is 23.5 Å². The Morgan fingerprint density at radius 2 is 2.04 bits per heavy atom. The molecule has 2 amide bonds. The molecule has 0 radical (unpaired) electrons. The molecule has 6 nitrogen and oxygen atoms in total. The monoisotopic (exact) mass is 379 g/mol. The number of hydrogen-bond donors (Lipinski definition) is 2. The molecule has 0 unspecified atom stereocenters. The molecule has 146 valence electrons. The van der Waals surface area contributed by atoms with Gasteiger partial charge in [-0.05, 0) is 37.1 Å². The van der Waals surface area contributed by atoms with Crippen molar-refractivity contribution in [2.45, 2.75) is 38.1 Å². The van der Waals surface area contributed by atoms with Crippen molar-refractivity contribution in [2.75, 3.05) is 13.1 Å². The lowest BCUT2D eigenvalue weighted by molar-refractivity contribution is -0.129. The zero-order valence-corrected chi connectivity index (χ0v) is 15.8. The third-order valence-electron chi connectivity index (χ3n) is 5.74. The normalized spacial score (nSPS) is 19.9. The Balaban J connectivity index is 1.37. The molecule has 2 fully saturated rings. The molecule has 6 heteroatoms. The average molecular weight is 379 g/mol. The highest BCUT2D eigenvalue weighted by Crippen LogP contribution is 2.29. The van der Waals surface area contributed by atoms with Gasteiger partial charge in [-0.25, -0.2) is 0 Å². The number of hydrogen-bond acceptors (Lipinski definition) is 4. The van der Waals surface area contributed by atoms with Crippen LogP contribution in [0.3, 0.4) is 0 Å². The second kappa shape index (κ2) is 8.00. The van der Waals surface area contributed by atoms with Crippen molar-refractivity contribution < 1.29 is 14.7 Å². The van der Waals surface area contributed by atoms with Crippen LogP contribution in [0.2, 0.25) is 0 Å². The summed E-state index contributed by atoms with van der Waals surface area (Å²) in [6.07, 6.45) is 6.75. The van der Waals surface area contributed by atoms with Gasteiger partial charge >= 0.3 is 0 Å². The van der Waals surface area contributed by atoms with Gasteiger partial charge in [0.2, 0.25) is 5.91 Å². The molecule has 28 heavy (non-hydrogen) atoms. The van der Waals surface area contributed by atoms with E-state index in [0.717, 1.165) is 19.4 Å². The number of aromatic nitrogens is 1. The minimum Gasteiger partial charge on any atom is -0.506 e. The van der Waals surface area contributed by atoms with Crippen molar-refractivity contribution in [1.29, 1.82) is 0 Å². The third-order valence-corrected chi connectivity index (χ3v) is 5.74. The van der Waals surface area contributed by atoms with Gasteiger partial charge in [-0.3, -0.25) is 14.6 Å². The summed E-state index contributed by atoms with van der Waals surface area (Å²) in [5.74, 6) is 0.291. The number of carbonyl (C=O) groups excluding carboxylic acids is 2. The third kappa shape index (κ3) is 3.86. The summed E-state index contributed by atoms with van der Waals surface area (Å²) in [5.41, 5.74) is 1.65. The summed E-state index contributed by atoms with van der Waals surface area (Å²) in [7, 11) is 0. The largest absolute Gasteiger partial charge is 0.506 e. The maximum Gasteiger partial charge on any atom is 0.251 e. The van der Waals surface area contributed by atoms with E-state index in [1.165, 1.54) is 12.8 Å². The average Bonchev–Trinajstić information content (AvgIpc) is 3.36. The number of nitrogens with zero attached hydrogens (tertiary/aromatic N) is 2. The molecule has 0 bridgehead atoms. The molecule has 2 N–H and O–H groups in total. The quantitative estimate of drug-likeness (QED) is 0.837. The lowest BCUT2D eigenvalue weighted by Gasteiger charge is -2.24. The van der Waals surface area contributed by atoms with Crippen LogP contribution in [0.15, 0.2) is 42.6 Å². The molecular formula is C22H25N3O3. The lowest BCUT2D eigenvalue weighted by atomic mass is 10.1. The fourth-order valence-corrected chi connectivity index (χ4v) is 4.28.